The number of aromatic nitrogens is 2. The first-order chi connectivity index (χ1) is 31.8. The quantitative estimate of drug-likeness (QED) is 0.0557. The number of hydrogen-bond donors (Lipinski definition) is 5. The molecule has 0 saturated carbocycles. The number of para-hydroxylation sites is 1. The van der Waals surface area contributed by atoms with E-state index < -0.39 is 52.9 Å². The molecule has 16 heteroatoms. The van der Waals surface area contributed by atoms with E-state index in [9.17, 15) is 19.5 Å². The predicted molar refractivity (Wildman–Crippen MR) is 255 cm³/mol. The van der Waals surface area contributed by atoms with Crippen molar-refractivity contribution in [1.82, 2.24) is 35.7 Å². The molecule has 1 fully saturated rings. The third kappa shape index (κ3) is 11.9. The van der Waals surface area contributed by atoms with E-state index in [4.69, 9.17) is 4.74 Å². The number of rotatable bonds is 18. The maximum atomic E-state index is 16.1. The molecule has 2 aliphatic heterocycles. The molecule has 1 unspecified atom stereocenters. The molecule has 0 radical (unpaired) electrons. The minimum absolute atomic E-state index is 0.0131. The van der Waals surface area contributed by atoms with Gasteiger partial charge in [-0.25, -0.2) is 18.2 Å². The number of fused-ring (bicyclic) bond motifs is 3. The van der Waals surface area contributed by atoms with Crippen molar-refractivity contribution in [3.8, 4) is 16.2 Å². The second-order valence-corrected chi connectivity index (χ2v) is 20.6. The third-order valence-corrected chi connectivity index (χ3v) is 13.6. The van der Waals surface area contributed by atoms with Gasteiger partial charge in [-0.3, -0.25) is 19.3 Å². The highest BCUT2D eigenvalue weighted by Gasteiger charge is 2.45. The summed E-state index contributed by atoms with van der Waals surface area (Å²) >= 11 is 1.57. The number of unbranched alkanes of at least 4 members (excludes halogenated alkanes) is 2. The smallest absolute Gasteiger partial charge is 0.246 e. The maximum Gasteiger partial charge on any atom is 0.246 e. The normalized spacial score (nSPS) is 19.4. The number of halogens is 3. The second-order valence-electron chi connectivity index (χ2n) is 19.7. The lowest BCUT2D eigenvalue weighted by molar-refractivity contribution is -0.144. The lowest BCUT2D eigenvalue weighted by Gasteiger charge is -2.43. The van der Waals surface area contributed by atoms with Crippen LogP contribution in [0, 0.1) is 24.0 Å². The molecule has 12 nitrogen and oxygen atoms in total. The number of β-amino-alcohol motifs (C(OH)–C–C–N with tert-alkyl or cyclic N) is 1. The molecule has 0 aliphatic carbocycles. The summed E-state index contributed by atoms with van der Waals surface area (Å²) in [5.41, 5.74) is 4.74. The molecule has 3 aromatic carbocycles. The average molecular weight is 944 g/mol. The lowest BCUT2D eigenvalue weighted by Crippen LogP contribution is -2.58. The van der Waals surface area contributed by atoms with Gasteiger partial charge in [-0.05, 0) is 88.1 Å². The Labute approximate surface area is 395 Å². The maximum absolute atomic E-state index is 16.1. The fraction of sp³-hybridized carbons (Fsp3) is 0.490. The van der Waals surface area contributed by atoms with E-state index in [2.05, 4.69) is 25.9 Å². The fourth-order valence-electron chi connectivity index (χ4n) is 9.32. The average Bonchev–Trinajstić information content (AvgIpc) is 3.99. The van der Waals surface area contributed by atoms with E-state index in [1.807, 2.05) is 88.0 Å². The number of aliphatic hydroxyl groups excluding tert-OH is 1. The Hall–Kier alpha value is -5.29. The number of thiazole rings is 1. The number of aryl methyl sites for hydroxylation is 1. The Morgan fingerprint density at radius 1 is 1.01 bits per heavy atom. The summed E-state index contributed by atoms with van der Waals surface area (Å²) in [4.78, 5) is 52.6. The van der Waals surface area contributed by atoms with Crippen molar-refractivity contribution in [2.45, 2.75) is 123 Å². The number of nitrogens with zero attached hydrogens (tertiary/aromatic N) is 3. The van der Waals surface area contributed by atoms with E-state index in [1.165, 1.54) is 30.9 Å². The van der Waals surface area contributed by atoms with Crippen LogP contribution in [0.2, 0.25) is 0 Å². The molecule has 3 amide bonds. The molecule has 1 saturated heterocycles. The zero-order valence-corrected chi connectivity index (χ0v) is 40.3. The van der Waals surface area contributed by atoms with Gasteiger partial charge < -0.3 is 35.7 Å². The van der Waals surface area contributed by atoms with Gasteiger partial charge in [0.2, 0.25) is 17.7 Å². The molecule has 2 aromatic heterocycles. The van der Waals surface area contributed by atoms with Gasteiger partial charge in [0.05, 0.1) is 41.4 Å². The Morgan fingerprint density at radius 2 is 1.73 bits per heavy atom. The molecule has 7 rings (SSSR count). The summed E-state index contributed by atoms with van der Waals surface area (Å²) in [7, 11) is 0. The minimum Gasteiger partial charge on any atom is -0.493 e. The molecular formula is C51H64F3N7O5S. The molecule has 4 heterocycles. The van der Waals surface area contributed by atoms with Gasteiger partial charge in [0.15, 0.2) is 0 Å². The Balaban J connectivity index is 0.865. The van der Waals surface area contributed by atoms with Crippen molar-refractivity contribution in [2.24, 2.45) is 5.41 Å². The number of carbonyl (C=O) groups excluding carboxylic acids is 3. The number of carbonyl (C=O) groups is 3. The molecule has 0 spiro atoms. The molecule has 2 aliphatic rings. The van der Waals surface area contributed by atoms with Crippen LogP contribution in [-0.4, -0.2) is 105 Å². The predicted octanol–water partition coefficient (Wildman–Crippen LogP) is 7.91. The number of alkyl halides is 1. The summed E-state index contributed by atoms with van der Waals surface area (Å²) < 4.78 is 53.1. The topological polar surface area (TPSA) is 152 Å². The van der Waals surface area contributed by atoms with Crippen LogP contribution in [0.15, 0.2) is 66.2 Å². The highest BCUT2D eigenvalue weighted by molar-refractivity contribution is 7.13. The van der Waals surface area contributed by atoms with Crippen LogP contribution >= 0.6 is 11.3 Å². The first-order valence-electron chi connectivity index (χ1n) is 23.2. The van der Waals surface area contributed by atoms with Crippen LogP contribution < -0.4 is 20.7 Å². The van der Waals surface area contributed by atoms with Crippen LogP contribution in [0.3, 0.4) is 0 Å². The summed E-state index contributed by atoms with van der Waals surface area (Å²) in [6, 6.07) is 15.1. The number of H-pyrrole nitrogens is 1. The van der Waals surface area contributed by atoms with Crippen LogP contribution in [0.25, 0.3) is 21.3 Å². The largest absolute Gasteiger partial charge is 0.493 e. The van der Waals surface area contributed by atoms with Crippen LogP contribution in [0.5, 0.6) is 5.75 Å². The van der Waals surface area contributed by atoms with E-state index >= 15 is 13.2 Å². The number of amides is 3. The van der Waals surface area contributed by atoms with E-state index in [1.54, 1.807) is 16.8 Å². The molecule has 0 bridgehead atoms. The van der Waals surface area contributed by atoms with Crippen molar-refractivity contribution < 1.29 is 37.4 Å². The Morgan fingerprint density at radius 3 is 2.40 bits per heavy atom. The monoisotopic (exact) mass is 943 g/mol. The van der Waals surface area contributed by atoms with Crippen LogP contribution in [0.1, 0.15) is 101 Å². The molecule has 5 aromatic rings. The molecular weight excluding hydrogens is 880 g/mol. The van der Waals surface area contributed by atoms with E-state index in [0.717, 1.165) is 38.2 Å². The highest BCUT2D eigenvalue weighted by Crippen LogP contribution is 2.44. The van der Waals surface area contributed by atoms with Gasteiger partial charge in [0.1, 0.15) is 35.1 Å². The van der Waals surface area contributed by atoms with Crippen LogP contribution in [0.4, 0.5) is 13.2 Å². The van der Waals surface area contributed by atoms with Crippen molar-refractivity contribution in [3.63, 3.8) is 0 Å². The first-order valence-corrected chi connectivity index (χ1v) is 24.1. The van der Waals surface area contributed by atoms with Crippen LogP contribution in [-0.2, 0) is 27.3 Å². The van der Waals surface area contributed by atoms with E-state index in [-0.39, 0.29) is 68.4 Å². The Bertz CT molecular complexity index is 2510. The summed E-state index contributed by atoms with van der Waals surface area (Å²) in [5.74, 6) is -2.67. The number of likely N-dealkylation sites (tertiary alicyclic amines) is 1. The standard InChI is InChI=1S/C51H64F3N7O5S/c1-30-21-37-36-13-9-10-14-40(36)58-44(37)45(61(30)28-51(6,7)54)43-38(52)23-35(24-39(43)53)66-20-12-8-11-19-55-26-42(63)59-47(50(3,4)5)49(65)60-27-34(62)22-41(60)48(64)56-25-32-15-17-33(18-16-32)46-31(2)57-29-67-46/h9-10,13-18,23-24,29-30,34,41,45,47,55,58,62H,8,11-12,19-22,25-28H2,1-7H3,(H,56,64)(H,59,63)/t30-,34-,41+,45-,47?/m1/s1. The number of aromatic amines is 1. The third-order valence-electron chi connectivity index (χ3n) is 12.7. The number of benzene rings is 3. The van der Waals surface area contributed by atoms with Gasteiger partial charge in [0.25, 0.3) is 0 Å². The summed E-state index contributed by atoms with van der Waals surface area (Å²) in [6.45, 7) is 13.2. The number of nitrogens with one attached hydrogen (secondary N) is 4. The minimum atomic E-state index is -1.60. The number of aliphatic hydroxyl groups is 1. The van der Waals surface area contributed by atoms with Crippen molar-refractivity contribution in [2.75, 3.05) is 32.8 Å². The molecule has 360 valence electrons. The number of ether oxygens (including phenoxy) is 1. The second kappa shape index (κ2) is 20.9. The van der Waals surface area contributed by atoms with Gasteiger partial charge in [-0.1, -0.05) is 63.2 Å². The molecule has 67 heavy (non-hydrogen) atoms. The zero-order chi connectivity index (χ0) is 48.2. The van der Waals surface area contributed by atoms with Gasteiger partial charge >= 0.3 is 0 Å². The zero-order valence-electron chi connectivity index (χ0n) is 39.5. The van der Waals surface area contributed by atoms with Crippen molar-refractivity contribution >= 4 is 40.0 Å². The van der Waals surface area contributed by atoms with Crippen molar-refractivity contribution in [1.29, 1.82) is 0 Å². The number of hydrogen-bond acceptors (Lipinski definition) is 9. The Kier molecular flexibility index (Phi) is 15.5. The summed E-state index contributed by atoms with van der Waals surface area (Å²) in [5, 5.41) is 20.5. The van der Waals surface area contributed by atoms with Gasteiger partial charge in [0, 0.05) is 66.4 Å². The lowest BCUT2D eigenvalue weighted by atomic mass is 9.85. The van der Waals surface area contributed by atoms with Gasteiger partial charge in [-0.2, -0.15) is 0 Å². The molecule has 5 atom stereocenters. The highest BCUT2D eigenvalue weighted by atomic mass is 32.1. The first kappa shape index (κ1) is 49.6. The SMILES string of the molecule is Cc1ncsc1-c1ccc(CNC(=O)[C@@H]2C[C@@H](O)CN2C(=O)C(NC(=O)CNCCCCCOc2cc(F)c([C@@H]3c4[nH]c5ccccc5c4C[C@@H](C)N3CC(C)(C)F)c(F)c2)C(C)(C)C)cc1. The molecule has 5 N–H and O–H groups in total. The van der Waals surface area contributed by atoms with Crippen molar-refractivity contribution in [3.05, 3.63) is 106 Å². The van der Waals surface area contributed by atoms with Gasteiger partial charge in [-0.15, -0.1) is 11.3 Å². The summed E-state index contributed by atoms with van der Waals surface area (Å²) in [6.07, 6.45) is 1.80. The van der Waals surface area contributed by atoms with E-state index in [0.29, 0.717) is 37.9 Å². The fourth-order valence-corrected chi connectivity index (χ4v) is 10.1.